The van der Waals surface area contributed by atoms with E-state index in [0.717, 1.165) is 11.3 Å². The molecule has 2 unspecified atom stereocenters. The molecule has 2 atom stereocenters. The number of hydrogen-bond donors (Lipinski definition) is 2. The van der Waals surface area contributed by atoms with Crippen molar-refractivity contribution < 1.29 is 32.3 Å². The van der Waals surface area contributed by atoms with Gasteiger partial charge < -0.3 is 19.9 Å². The zero-order valence-electron chi connectivity index (χ0n) is 21.1. The fraction of sp³-hybridized carbons (Fsp3) is 0.654. The monoisotopic (exact) mass is 524 g/mol. The van der Waals surface area contributed by atoms with Gasteiger partial charge in [-0.05, 0) is 56.2 Å². The number of alkyl halides is 2. The number of piperidine rings is 3. The topological polar surface area (TPSA) is 91.0 Å². The largest absolute Gasteiger partial charge is 0.449 e. The molecule has 0 saturated carbocycles. The third-order valence-electron chi connectivity index (χ3n) is 7.61. The molecule has 3 aliphatic rings. The van der Waals surface area contributed by atoms with Crippen LogP contribution >= 0.6 is 0 Å². The summed E-state index contributed by atoms with van der Waals surface area (Å²) in [6.45, 7) is 2.74. The van der Waals surface area contributed by atoms with Gasteiger partial charge in [0, 0.05) is 37.7 Å². The van der Waals surface area contributed by atoms with Gasteiger partial charge in [-0.1, -0.05) is 13.3 Å². The maximum atomic E-state index is 15.0. The quantitative estimate of drug-likeness (QED) is 0.411. The number of nitrogens with one attached hydrogen (secondary N) is 2. The second kappa shape index (κ2) is 11.6. The van der Waals surface area contributed by atoms with Gasteiger partial charge in [-0.15, -0.1) is 0 Å². The van der Waals surface area contributed by atoms with E-state index in [1.807, 2.05) is 11.8 Å². The zero-order valence-corrected chi connectivity index (χ0v) is 21.1. The fourth-order valence-corrected chi connectivity index (χ4v) is 5.52. The van der Waals surface area contributed by atoms with Crippen molar-refractivity contribution in [2.24, 2.45) is 11.8 Å². The highest BCUT2D eigenvalue weighted by Gasteiger charge is 2.49. The summed E-state index contributed by atoms with van der Waals surface area (Å²) in [6, 6.07) is 4.01. The molecule has 0 radical (unpaired) electrons. The molecule has 2 N–H and O–H groups in total. The summed E-state index contributed by atoms with van der Waals surface area (Å²) in [5, 5.41) is 5.22. The number of nitrogens with zero attached hydrogens (tertiary/aromatic N) is 2. The van der Waals surface area contributed by atoms with Gasteiger partial charge in [0.1, 0.15) is 11.9 Å². The van der Waals surface area contributed by atoms with E-state index in [0.29, 0.717) is 50.1 Å². The van der Waals surface area contributed by atoms with Crippen molar-refractivity contribution in [3.8, 4) is 0 Å². The predicted octanol–water partition coefficient (Wildman–Crippen LogP) is 4.15. The Labute approximate surface area is 214 Å². The van der Waals surface area contributed by atoms with Crippen molar-refractivity contribution in [1.29, 1.82) is 0 Å². The lowest BCUT2D eigenvalue weighted by Crippen LogP contribution is -2.54. The molecule has 3 saturated heterocycles. The van der Waals surface area contributed by atoms with Crippen LogP contribution in [0.2, 0.25) is 0 Å². The van der Waals surface area contributed by atoms with Gasteiger partial charge in [0.25, 0.3) is 5.92 Å². The number of anilines is 2. The molecule has 3 fully saturated rings. The first-order valence-corrected chi connectivity index (χ1v) is 13.1. The molecule has 3 amide bonds. The smallest absolute Gasteiger partial charge is 0.409 e. The lowest BCUT2D eigenvalue weighted by molar-refractivity contribution is -0.133. The van der Waals surface area contributed by atoms with E-state index in [4.69, 9.17) is 4.74 Å². The van der Waals surface area contributed by atoms with Crippen LogP contribution in [0.5, 0.6) is 0 Å². The first-order chi connectivity index (χ1) is 17.7. The standard InChI is InChI=1S/C26H35F3N4O4/c1-2-3-14-37-25(36)33-13-10-19(26(28,29)16-33)17-8-11-32(12-9-17)22-6-4-18(15-20(22)27)30-21-5-7-23(34)31-24(21)35/h4,6,15,17,19,21,30H,2-3,5,7-14,16H2,1H3,(H,31,34,35). The number of likely N-dealkylation sites (tertiary alicyclic amines) is 1. The Morgan fingerprint density at radius 3 is 2.57 bits per heavy atom. The van der Waals surface area contributed by atoms with Gasteiger partial charge in [0.15, 0.2) is 0 Å². The molecule has 0 bridgehead atoms. The molecule has 0 aliphatic carbocycles. The van der Waals surface area contributed by atoms with Gasteiger partial charge in [0.2, 0.25) is 11.8 Å². The summed E-state index contributed by atoms with van der Waals surface area (Å²) >= 11 is 0. The third kappa shape index (κ3) is 6.48. The first kappa shape index (κ1) is 27.1. The molecule has 8 nitrogen and oxygen atoms in total. The maximum Gasteiger partial charge on any atom is 0.409 e. The molecule has 3 aliphatic heterocycles. The number of halogens is 3. The molecule has 1 aromatic rings. The van der Waals surface area contributed by atoms with Crippen molar-refractivity contribution in [3.05, 3.63) is 24.0 Å². The molecule has 0 spiro atoms. The number of amides is 3. The molecule has 11 heteroatoms. The van der Waals surface area contributed by atoms with E-state index < -0.39 is 42.2 Å². The van der Waals surface area contributed by atoms with Gasteiger partial charge in [0.05, 0.1) is 18.8 Å². The van der Waals surface area contributed by atoms with Crippen LogP contribution in [-0.4, -0.2) is 67.6 Å². The number of carbonyl (C=O) groups excluding carboxylic acids is 3. The Balaban J connectivity index is 1.30. The summed E-state index contributed by atoms with van der Waals surface area (Å²) in [5.74, 6) is -5.24. The van der Waals surface area contributed by atoms with E-state index in [9.17, 15) is 18.8 Å². The van der Waals surface area contributed by atoms with E-state index >= 15 is 8.78 Å². The molecular formula is C26H35F3N4O4. The minimum atomic E-state index is -3.00. The van der Waals surface area contributed by atoms with Crippen LogP contribution in [0, 0.1) is 17.7 Å². The predicted molar refractivity (Wildman–Crippen MR) is 132 cm³/mol. The van der Waals surface area contributed by atoms with Gasteiger partial charge >= 0.3 is 6.09 Å². The number of benzene rings is 1. The van der Waals surface area contributed by atoms with E-state index in [1.165, 1.54) is 6.07 Å². The second-order valence-corrected chi connectivity index (χ2v) is 10.2. The van der Waals surface area contributed by atoms with Crippen molar-refractivity contribution in [1.82, 2.24) is 10.2 Å². The lowest BCUT2D eigenvalue weighted by Gasteiger charge is -2.44. The van der Waals surface area contributed by atoms with E-state index in [2.05, 4.69) is 10.6 Å². The van der Waals surface area contributed by atoms with Crippen molar-refractivity contribution in [2.75, 3.05) is 43.0 Å². The van der Waals surface area contributed by atoms with Crippen LogP contribution in [0.3, 0.4) is 0 Å². The normalized spacial score (nSPS) is 24.5. The summed E-state index contributed by atoms with van der Waals surface area (Å²) in [5.41, 5.74) is 0.828. The molecule has 204 valence electrons. The molecule has 1 aromatic carbocycles. The Morgan fingerprint density at radius 1 is 1.16 bits per heavy atom. The van der Waals surface area contributed by atoms with Gasteiger partial charge in [-0.25, -0.2) is 18.0 Å². The van der Waals surface area contributed by atoms with Crippen LogP contribution in [0.1, 0.15) is 51.9 Å². The maximum absolute atomic E-state index is 15.0. The van der Waals surface area contributed by atoms with Gasteiger partial charge in [-0.2, -0.15) is 0 Å². The summed E-state index contributed by atoms with van der Waals surface area (Å²) < 4.78 is 50.1. The van der Waals surface area contributed by atoms with E-state index in [1.54, 1.807) is 12.1 Å². The number of ether oxygens (including phenoxy) is 1. The number of imide groups is 1. The first-order valence-electron chi connectivity index (χ1n) is 13.1. The van der Waals surface area contributed by atoms with Crippen LogP contribution < -0.4 is 15.5 Å². The van der Waals surface area contributed by atoms with Crippen LogP contribution in [0.25, 0.3) is 0 Å². The minimum absolute atomic E-state index is 0.207. The molecule has 3 heterocycles. The SMILES string of the molecule is CCCCOC(=O)N1CCC(C2CCN(c3ccc(NC4CCC(=O)NC4=O)cc3F)CC2)C(F)(F)C1. The van der Waals surface area contributed by atoms with Crippen molar-refractivity contribution in [2.45, 2.75) is 63.8 Å². The highest BCUT2D eigenvalue weighted by atomic mass is 19.3. The summed E-state index contributed by atoms with van der Waals surface area (Å²) in [4.78, 5) is 38.4. The van der Waals surface area contributed by atoms with Crippen LogP contribution in [0.4, 0.5) is 29.3 Å². The summed E-state index contributed by atoms with van der Waals surface area (Å²) in [6.07, 6.45) is 2.69. The number of carbonyl (C=O) groups is 3. The molecule has 37 heavy (non-hydrogen) atoms. The van der Waals surface area contributed by atoms with Crippen molar-refractivity contribution in [3.63, 3.8) is 0 Å². The minimum Gasteiger partial charge on any atom is -0.449 e. The zero-order chi connectivity index (χ0) is 26.6. The van der Waals surface area contributed by atoms with Crippen molar-refractivity contribution >= 4 is 29.3 Å². The highest BCUT2D eigenvalue weighted by Crippen LogP contribution is 2.42. The fourth-order valence-electron chi connectivity index (χ4n) is 5.52. The molecule has 0 aromatic heterocycles. The lowest BCUT2D eigenvalue weighted by atomic mass is 9.76. The number of rotatable bonds is 7. The Kier molecular flexibility index (Phi) is 8.49. The van der Waals surface area contributed by atoms with Crippen LogP contribution in [0.15, 0.2) is 18.2 Å². The van der Waals surface area contributed by atoms with Gasteiger partial charge in [-0.3, -0.25) is 14.9 Å². The highest BCUT2D eigenvalue weighted by molar-refractivity contribution is 6.01. The second-order valence-electron chi connectivity index (χ2n) is 10.2. The molecular weight excluding hydrogens is 489 g/mol. The average Bonchev–Trinajstić information content (AvgIpc) is 2.85. The number of hydrogen-bond acceptors (Lipinski definition) is 6. The van der Waals surface area contributed by atoms with Crippen LogP contribution in [-0.2, 0) is 14.3 Å². The summed E-state index contributed by atoms with van der Waals surface area (Å²) in [7, 11) is 0. The Bertz CT molecular complexity index is 1000. The average molecular weight is 525 g/mol. The molecule has 4 rings (SSSR count). The Hall–Kier alpha value is -2.98. The third-order valence-corrected chi connectivity index (χ3v) is 7.61. The number of unbranched alkanes of at least 4 members (excludes halogenated alkanes) is 1. The van der Waals surface area contributed by atoms with E-state index in [-0.39, 0.29) is 37.8 Å². The Morgan fingerprint density at radius 2 is 1.92 bits per heavy atom.